The quantitative estimate of drug-likeness (QED) is 0.893. The highest BCUT2D eigenvalue weighted by Crippen LogP contribution is 2.39. The van der Waals surface area contributed by atoms with Gasteiger partial charge >= 0.3 is 0 Å². The highest BCUT2D eigenvalue weighted by Gasteiger charge is 2.34. The third-order valence-electron chi connectivity index (χ3n) is 3.66. The van der Waals surface area contributed by atoms with E-state index in [1.165, 1.54) is 18.4 Å². The summed E-state index contributed by atoms with van der Waals surface area (Å²) in [5.74, 6) is 0.543. The molecule has 0 amide bonds. The van der Waals surface area contributed by atoms with E-state index in [1.807, 2.05) is 12.1 Å². The third kappa shape index (κ3) is 2.65. The first-order chi connectivity index (χ1) is 8.27. The van der Waals surface area contributed by atoms with Gasteiger partial charge < -0.3 is 5.73 Å². The van der Waals surface area contributed by atoms with Gasteiger partial charge in [-0.2, -0.15) is 0 Å². The molecule has 2 unspecified atom stereocenters. The molecule has 1 fully saturated rings. The molecule has 1 heterocycles. The Morgan fingerprint density at radius 1 is 1.41 bits per heavy atom. The number of hydrogen-bond acceptors (Lipinski definition) is 2. The first-order valence-corrected chi connectivity index (χ1v) is 6.84. The number of rotatable bonds is 4. The topological polar surface area (TPSA) is 29.3 Å². The van der Waals surface area contributed by atoms with E-state index in [0.29, 0.717) is 12.0 Å². The molecule has 0 aliphatic carbocycles. The molecule has 2 rings (SSSR count). The lowest BCUT2D eigenvalue weighted by Gasteiger charge is -2.28. The van der Waals surface area contributed by atoms with Gasteiger partial charge in [-0.3, -0.25) is 4.90 Å². The first-order valence-electron chi connectivity index (χ1n) is 6.46. The van der Waals surface area contributed by atoms with Crippen molar-refractivity contribution in [2.75, 3.05) is 19.6 Å². The average Bonchev–Trinajstić information content (AvgIpc) is 2.73. The molecule has 2 atom stereocenters. The molecular weight excluding hydrogens is 232 g/mol. The van der Waals surface area contributed by atoms with Gasteiger partial charge in [0.05, 0.1) is 0 Å². The van der Waals surface area contributed by atoms with Crippen LogP contribution in [0.3, 0.4) is 0 Å². The summed E-state index contributed by atoms with van der Waals surface area (Å²) in [6.07, 6.45) is 2.37. The van der Waals surface area contributed by atoms with Crippen LogP contribution in [-0.2, 0) is 0 Å². The van der Waals surface area contributed by atoms with Crippen LogP contribution in [0.2, 0.25) is 5.02 Å². The van der Waals surface area contributed by atoms with Crippen molar-refractivity contribution in [3.8, 4) is 0 Å². The van der Waals surface area contributed by atoms with E-state index in [9.17, 15) is 0 Å². The molecule has 2 nitrogen and oxygen atoms in total. The summed E-state index contributed by atoms with van der Waals surface area (Å²) in [6.45, 7) is 5.24. The Kier molecular flexibility index (Phi) is 4.43. The van der Waals surface area contributed by atoms with Crippen LogP contribution in [-0.4, -0.2) is 24.5 Å². The van der Waals surface area contributed by atoms with Crippen LogP contribution in [0.1, 0.15) is 31.4 Å². The van der Waals surface area contributed by atoms with Crippen molar-refractivity contribution in [2.45, 2.75) is 25.8 Å². The molecule has 94 valence electrons. The predicted molar refractivity (Wildman–Crippen MR) is 73.2 cm³/mol. The van der Waals surface area contributed by atoms with Gasteiger partial charge in [-0.1, -0.05) is 36.7 Å². The standard InChI is InChI=1S/C14H21ClN2/c1-2-8-17-9-7-11(10-16)14(17)12-5-3-4-6-13(12)15/h3-6,11,14H,2,7-10,16H2,1H3. The van der Waals surface area contributed by atoms with E-state index in [2.05, 4.69) is 24.0 Å². The van der Waals surface area contributed by atoms with Gasteiger partial charge in [-0.25, -0.2) is 0 Å². The zero-order chi connectivity index (χ0) is 12.3. The zero-order valence-corrected chi connectivity index (χ0v) is 11.2. The minimum absolute atomic E-state index is 0.411. The minimum atomic E-state index is 0.411. The second-order valence-corrected chi connectivity index (χ2v) is 5.19. The van der Waals surface area contributed by atoms with Crippen LogP contribution in [0.4, 0.5) is 0 Å². The van der Waals surface area contributed by atoms with Crippen molar-refractivity contribution in [3.05, 3.63) is 34.9 Å². The zero-order valence-electron chi connectivity index (χ0n) is 10.4. The molecular formula is C14H21ClN2. The van der Waals surface area contributed by atoms with Gasteiger partial charge in [0, 0.05) is 11.1 Å². The largest absolute Gasteiger partial charge is 0.330 e. The van der Waals surface area contributed by atoms with Crippen molar-refractivity contribution in [1.82, 2.24) is 4.90 Å². The van der Waals surface area contributed by atoms with Gasteiger partial charge in [-0.15, -0.1) is 0 Å². The Morgan fingerprint density at radius 2 is 2.18 bits per heavy atom. The number of nitrogens with zero attached hydrogens (tertiary/aromatic N) is 1. The summed E-state index contributed by atoms with van der Waals surface area (Å²) in [5.41, 5.74) is 7.15. The molecule has 1 aromatic carbocycles. The SMILES string of the molecule is CCCN1CCC(CN)C1c1ccccc1Cl. The van der Waals surface area contributed by atoms with E-state index < -0.39 is 0 Å². The Bertz CT molecular complexity index is 367. The van der Waals surface area contributed by atoms with Gasteiger partial charge in [0.1, 0.15) is 0 Å². The third-order valence-corrected chi connectivity index (χ3v) is 4.01. The van der Waals surface area contributed by atoms with Crippen molar-refractivity contribution < 1.29 is 0 Å². The number of likely N-dealkylation sites (tertiary alicyclic amines) is 1. The molecule has 17 heavy (non-hydrogen) atoms. The smallest absolute Gasteiger partial charge is 0.0453 e. The van der Waals surface area contributed by atoms with Crippen LogP contribution in [0.15, 0.2) is 24.3 Å². The molecule has 0 aromatic heterocycles. The highest BCUT2D eigenvalue weighted by atomic mass is 35.5. The van der Waals surface area contributed by atoms with Crippen molar-refractivity contribution in [2.24, 2.45) is 11.7 Å². The summed E-state index contributed by atoms with van der Waals surface area (Å²) >= 11 is 6.32. The van der Waals surface area contributed by atoms with Gasteiger partial charge in [-0.05, 0) is 50.0 Å². The second-order valence-electron chi connectivity index (χ2n) is 4.79. The van der Waals surface area contributed by atoms with Crippen LogP contribution in [0, 0.1) is 5.92 Å². The van der Waals surface area contributed by atoms with E-state index >= 15 is 0 Å². The maximum absolute atomic E-state index is 6.32. The fourth-order valence-corrected chi connectivity index (χ4v) is 3.12. The summed E-state index contributed by atoms with van der Waals surface area (Å²) in [5, 5.41) is 0.874. The average molecular weight is 253 g/mol. The molecule has 1 aliphatic rings. The fraction of sp³-hybridized carbons (Fsp3) is 0.571. The van der Waals surface area contributed by atoms with Crippen molar-refractivity contribution in [1.29, 1.82) is 0 Å². The summed E-state index contributed by atoms with van der Waals surface area (Å²) in [4.78, 5) is 2.53. The Balaban J connectivity index is 2.28. The van der Waals surface area contributed by atoms with Crippen LogP contribution in [0.5, 0.6) is 0 Å². The molecule has 1 aliphatic heterocycles. The normalized spacial score (nSPS) is 25.4. The van der Waals surface area contributed by atoms with Gasteiger partial charge in [0.25, 0.3) is 0 Å². The Morgan fingerprint density at radius 3 is 2.82 bits per heavy atom. The lowest BCUT2D eigenvalue weighted by molar-refractivity contribution is 0.231. The van der Waals surface area contributed by atoms with Crippen LogP contribution in [0.25, 0.3) is 0 Å². The molecule has 0 radical (unpaired) electrons. The summed E-state index contributed by atoms with van der Waals surface area (Å²) in [7, 11) is 0. The number of benzene rings is 1. The van der Waals surface area contributed by atoms with E-state index in [4.69, 9.17) is 17.3 Å². The van der Waals surface area contributed by atoms with E-state index in [0.717, 1.165) is 24.7 Å². The van der Waals surface area contributed by atoms with Crippen molar-refractivity contribution in [3.63, 3.8) is 0 Å². The second kappa shape index (κ2) is 5.85. The fourth-order valence-electron chi connectivity index (χ4n) is 2.88. The number of hydrogen-bond donors (Lipinski definition) is 1. The molecule has 3 heteroatoms. The minimum Gasteiger partial charge on any atom is -0.330 e. The molecule has 0 spiro atoms. The monoisotopic (exact) mass is 252 g/mol. The number of nitrogens with two attached hydrogens (primary N) is 1. The first kappa shape index (κ1) is 12.9. The molecule has 0 saturated carbocycles. The van der Waals surface area contributed by atoms with E-state index in [1.54, 1.807) is 0 Å². The molecule has 1 aromatic rings. The van der Waals surface area contributed by atoms with Crippen LogP contribution < -0.4 is 5.73 Å². The van der Waals surface area contributed by atoms with Gasteiger partial charge in [0.2, 0.25) is 0 Å². The molecule has 0 bridgehead atoms. The Hall–Kier alpha value is -0.570. The number of halogens is 1. The lowest BCUT2D eigenvalue weighted by Crippen LogP contribution is -2.29. The van der Waals surface area contributed by atoms with Crippen molar-refractivity contribution >= 4 is 11.6 Å². The van der Waals surface area contributed by atoms with Crippen LogP contribution >= 0.6 is 11.6 Å². The maximum atomic E-state index is 6.32. The summed E-state index contributed by atoms with van der Waals surface area (Å²) in [6, 6.07) is 8.59. The lowest BCUT2D eigenvalue weighted by atomic mass is 9.93. The molecule has 2 N–H and O–H groups in total. The molecule has 1 saturated heterocycles. The van der Waals surface area contributed by atoms with E-state index in [-0.39, 0.29) is 0 Å². The predicted octanol–water partition coefficient (Wildman–Crippen LogP) is 3.07. The Labute approximate surface area is 109 Å². The highest BCUT2D eigenvalue weighted by molar-refractivity contribution is 6.31. The van der Waals surface area contributed by atoms with Gasteiger partial charge in [0.15, 0.2) is 0 Å². The summed E-state index contributed by atoms with van der Waals surface area (Å²) < 4.78 is 0. The maximum Gasteiger partial charge on any atom is 0.0453 e.